The summed E-state index contributed by atoms with van der Waals surface area (Å²) in [5, 5.41) is 0. The highest BCUT2D eigenvalue weighted by molar-refractivity contribution is 4.89. The molecule has 78 valence electrons. The molecule has 2 unspecified atom stereocenters. The van der Waals surface area contributed by atoms with Crippen LogP contribution in [0.3, 0.4) is 0 Å². The third-order valence-corrected chi connectivity index (χ3v) is 3.72. The van der Waals surface area contributed by atoms with Crippen molar-refractivity contribution in [2.75, 3.05) is 6.54 Å². The Balaban J connectivity index is 2.55. The molecule has 1 nitrogen and oxygen atoms in total. The van der Waals surface area contributed by atoms with Crippen molar-refractivity contribution >= 4 is 0 Å². The maximum Gasteiger partial charge on any atom is 0.114 e. The van der Waals surface area contributed by atoms with Crippen LogP contribution >= 0.6 is 0 Å². The average molecular weight is 187 g/mol. The Labute approximate surface area is 80.9 Å². The summed E-state index contributed by atoms with van der Waals surface area (Å²) in [5.74, 6) is 0.246. The van der Waals surface area contributed by atoms with Crippen molar-refractivity contribution in [3.05, 3.63) is 0 Å². The van der Waals surface area contributed by atoms with Crippen LogP contribution in [0, 0.1) is 11.8 Å². The zero-order valence-electron chi connectivity index (χ0n) is 8.85. The Kier molecular flexibility index (Phi) is 3.72. The van der Waals surface area contributed by atoms with Gasteiger partial charge in [-0.25, -0.2) is 4.39 Å². The number of hydrogen-bond donors (Lipinski definition) is 1. The Morgan fingerprint density at radius 1 is 1.38 bits per heavy atom. The number of rotatable bonds is 3. The van der Waals surface area contributed by atoms with Crippen molar-refractivity contribution in [1.82, 2.24) is 0 Å². The summed E-state index contributed by atoms with van der Waals surface area (Å²) in [5.41, 5.74) is 4.48. The molecule has 0 spiro atoms. The molecule has 1 rings (SSSR count). The smallest absolute Gasteiger partial charge is 0.114 e. The molecule has 0 aromatic rings. The summed E-state index contributed by atoms with van der Waals surface area (Å²) in [6.07, 6.45) is 5.78. The number of halogens is 1. The normalized spacial score (nSPS) is 26.8. The largest absolute Gasteiger partial charge is 0.330 e. The standard InChI is InChI=1S/C11H22FN/c1-9(8-13)11(2,12)10-6-4-3-5-7-10/h9-10H,3-8,13H2,1-2H3. The van der Waals surface area contributed by atoms with Crippen LogP contribution in [0.1, 0.15) is 46.0 Å². The minimum absolute atomic E-state index is 0.00407. The fraction of sp³-hybridized carbons (Fsp3) is 1.00. The molecule has 0 bridgehead atoms. The molecule has 0 aromatic heterocycles. The van der Waals surface area contributed by atoms with Gasteiger partial charge >= 0.3 is 0 Å². The maximum atomic E-state index is 14.3. The van der Waals surface area contributed by atoms with Gasteiger partial charge in [0.15, 0.2) is 0 Å². The van der Waals surface area contributed by atoms with Gasteiger partial charge in [0.25, 0.3) is 0 Å². The molecule has 2 N–H and O–H groups in total. The third kappa shape index (κ3) is 2.43. The van der Waals surface area contributed by atoms with Crippen molar-refractivity contribution in [2.24, 2.45) is 17.6 Å². The lowest BCUT2D eigenvalue weighted by Crippen LogP contribution is -2.41. The van der Waals surface area contributed by atoms with Gasteiger partial charge in [-0.3, -0.25) is 0 Å². The molecule has 0 aromatic carbocycles. The summed E-state index contributed by atoms with van der Waals surface area (Å²) in [6.45, 7) is 4.12. The van der Waals surface area contributed by atoms with Crippen molar-refractivity contribution in [2.45, 2.75) is 51.6 Å². The lowest BCUT2D eigenvalue weighted by molar-refractivity contribution is 0.0254. The summed E-state index contributed by atoms with van der Waals surface area (Å²) in [6, 6.07) is 0. The van der Waals surface area contributed by atoms with E-state index in [-0.39, 0.29) is 11.8 Å². The number of alkyl halides is 1. The monoisotopic (exact) mass is 187 g/mol. The van der Waals surface area contributed by atoms with Gasteiger partial charge in [-0.1, -0.05) is 26.2 Å². The molecule has 1 saturated carbocycles. The number of hydrogen-bond acceptors (Lipinski definition) is 1. The molecular formula is C11H22FN. The molecule has 0 saturated heterocycles. The summed E-state index contributed by atoms with van der Waals surface area (Å²) in [7, 11) is 0. The Morgan fingerprint density at radius 3 is 2.38 bits per heavy atom. The second-order valence-electron chi connectivity index (χ2n) is 4.62. The molecule has 2 atom stereocenters. The van der Waals surface area contributed by atoms with E-state index in [1.165, 1.54) is 19.3 Å². The Morgan fingerprint density at radius 2 is 1.92 bits per heavy atom. The molecule has 1 aliphatic carbocycles. The quantitative estimate of drug-likeness (QED) is 0.722. The zero-order valence-corrected chi connectivity index (χ0v) is 8.85. The van der Waals surface area contributed by atoms with Crippen molar-refractivity contribution in [3.8, 4) is 0 Å². The molecule has 2 heteroatoms. The molecule has 13 heavy (non-hydrogen) atoms. The van der Waals surface area contributed by atoms with E-state index in [2.05, 4.69) is 0 Å². The van der Waals surface area contributed by atoms with Gasteiger partial charge in [0.1, 0.15) is 5.67 Å². The molecular weight excluding hydrogens is 165 g/mol. The minimum atomic E-state index is -1.05. The van der Waals surface area contributed by atoms with Crippen LogP contribution in [0.5, 0.6) is 0 Å². The van der Waals surface area contributed by atoms with E-state index in [0.29, 0.717) is 6.54 Å². The SMILES string of the molecule is CC(CN)C(C)(F)C1CCCCC1. The average Bonchev–Trinajstić information content (AvgIpc) is 2.18. The van der Waals surface area contributed by atoms with Gasteiger partial charge in [-0.15, -0.1) is 0 Å². The molecule has 0 aliphatic heterocycles. The molecule has 0 amide bonds. The third-order valence-electron chi connectivity index (χ3n) is 3.72. The van der Waals surface area contributed by atoms with Gasteiger partial charge in [0.05, 0.1) is 0 Å². The van der Waals surface area contributed by atoms with E-state index in [0.717, 1.165) is 12.8 Å². The Bertz CT molecular complexity index is 150. The highest BCUT2D eigenvalue weighted by Crippen LogP contribution is 2.39. The van der Waals surface area contributed by atoms with Crippen LogP contribution in [0.25, 0.3) is 0 Å². The highest BCUT2D eigenvalue weighted by atomic mass is 19.1. The molecule has 0 radical (unpaired) electrons. The van der Waals surface area contributed by atoms with E-state index in [4.69, 9.17) is 5.73 Å². The van der Waals surface area contributed by atoms with Crippen LogP contribution in [0.4, 0.5) is 4.39 Å². The lowest BCUT2D eigenvalue weighted by Gasteiger charge is -2.37. The second kappa shape index (κ2) is 4.41. The molecule has 1 fully saturated rings. The summed E-state index contributed by atoms with van der Waals surface area (Å²) < 4.78 is 14.3. The minimum Gasteiger partial charge on any atom is -0.330 e. The van der Waals surface area contributed by atoms with Gasteiger partial charge in [-0.2, -0.15) is 0 Å². The topological polar surface area (TPSA) is 26.0 Å². The van der Waals surface area contributed by atoms with Crippen LogP contribution in [-0.2, 0) is 0 Å². The zero-order chi connectivity index (χ0) is 9.90. The number of nitrogens with two attached hydrogens (primary N) is 1. The fourth-order valence-corrected chi connectivity index (χ4v) is 2.30. The predicted molar refractivity (Wildman–Crippen MR) is 54.3 cm³/mol. The van der Waals surface area contributed by atoms with Crippen LogP contribution in [-0.4, -0.2) is 12.2 Å². The van der Waals surface area contributed by atoms with Gasteiger partial charge in [-0.05, 0) is 32.2 Å². The van der Waals surface area contributed by atoms with Gasteiger partial charge in [0.2, 0.25) is 0 Å². The first-order valence-corrected chi connectivity index (χ1v) is 5.48. The summed E-state index contributed by atoms with van der Waals surface area (Å²) in [4.78, 5) is 0. The van der Waals surface area contributed by atoms with Gasteiger partial charge in [0, 0.05) is 5.92 Å². The summed E-state index contributed by atoms with van der Waals surface area (Å²) >= 11 is 0. The molecule has 1 aliphatic rings. The maximum absolute atomic E-state index is 14.3. The van der Waals surface area contributed by atoms with Crippen molar-refractivity contribution in [1.29, 1.82) is 0 Å². The first-order chi connectivity index (χ1) is 6.09. The van der Waals surface area contributed by atoms with Crippen LogP contribution < -0.4 is 5.73 Å². The first-order valence-electron chi connectivity index (χ1n) is 5.48. The van der Waals surface area contributed by atoms with E-state index in [9.17, 15) is 4.39 Å². The van der Waals surface area contributed by atoms with Crippen molar-refractivity contribution < 1.29 is 4.39 Å². The van der Waals surface area contributed by atoms with Crippen LogP contribution in [0.2, 0.25) is 0 Å². The van der Waals surface area contributed by atoms with Crippen LogP contribution in [0.15, 0.2) is 0 Å². The predicted octanol–water partition coefficient (Wildman–Crippen LogP) is 2.89. The first kappa shape index (κ1) is 11.0. The van der Waals surface area contributed by atoms with E-state index in [1.54, 1.807) is 6.92 Å². The molecule has 0 heterocycles. The van der Waals surface area contributed by atoms with Crippen molar-refractivity contribution in [3.63, 3.8) is 0 Å². The lowest BCUT2D eigenvalue weighted by atomic mass is 9.73. The Hall–Kier alpha value is -0.110. The second-order valence-corrected chi connectivity index (χ2v) is 4.62. The van der Waals surface area contributed by atoms with Gasteiger partial charge < -0.3 is 5.73 Å². The van der Waals surface area contributed by atoms with E-state index >= 15 is 0 Å². The van der Waals surface area contributed by atoms with E-state index < -0.39 is 5.67 Å². The van der Waals surface area contributed by atoms with E-state index in [1.807, 2.05) is 6.92 Å². The fourth-order valence-electron chi connectivity index (χ4n) is 2.30. The highest BCUT2D eigenvalue weighted by Gasteiger charge is 2.38.